The molecule has 1 aromatic carbocycles. The van der Waals surface area contributed by atoms with E-state index in [2.05, 4.69) is 15.5 Å². The van der Waals surface area contributed by atoms with Gasteiger partial charge in [0.1, 0.15) is 5.82 Å². The van der Waals surface area contributed by atoms with Crippen LogP contribution in [0.2, 0.25) is 0 Å². The van der Waals surface area contributed by atoms with E-state index in [0.29, 0.717) is 17.0 Å². The molecule has 5 heteroatoms. The first kappa shape index (κ1) is 12.7. The van der Waals surface area contributed by atoms with E-state index in [-0.39, 0.29) is 17.7 Å². The fourth-order valence-electron chi connectivity index (χ4n) is 1.72. The van der Waals surface area contributed by atoms with E-state index in [1.807, 2.05) is 13.8 Å². The molecule has 1 N–H and O–H groups in total. The fraction of sp³-hybridized carbons (Fsp3) is 0.385. The van der Waals surface area contributed by atoms with E-state index >= 15 is 0 Å². The van der Waals surface area contributed by atoms with Crippen molar-refractivity contribution >= 4 is 0 Å². The Labute approximate surface area is 105 Å². The van der Waals surface area contributed by atoms with Crippen LogP contribution in [0.15, 0.2) is 22.6 Å². The molecule has 0 saturated carbocycles. The Morgan fingerprint density at radius 2 is 2.17 bits per heavy atom. The summed E-state index contributed by atoms with van der Waals surface area (Å²) in [6, 6.07) is 5.07. The lowest BCUT2D eigenvalue weighted by molar-refractivity contribution is 0.427. The van der Waals surface area contributed by atoms with Gasteiger partial charge < -0.3 is 9.73 Å². The first-order chi connectivity index (χ1) is 8.63. The molecule has 0 saturated heterocycles. The Morgan fingerprint density at radius 1 is 1.39 bits per heavy atom. The first-order valence-corrected chi connectivity index (χ1v) is 5.95. The Morgan fingerprint density at radius 3 is 2.89 bits per heavy atom. The average Bonchev–Trinajstić information content (AvgIpc) is 2.82. The van der Waals surface area contributed by atoms with Crippen LogP contribution in [0.1, 0.15) is 31.3 Å². The molecule has 18 heavy (non-hydrogen) atoms. The second-order valence-corrected chi connectivity index (χ2v) is 4.16. The second-order valence-electron chi connectivity index (χ2n) is 4.16. The monoisotopic (exact) mass is 249 g/mol. The zero-order valence-corrected chi connectivity index (χ0v) is 10.7. The predicted octanol–water partition coefficient (Wildman–Crippen LogP) is 2.85. The molecule has 0 aliphatic heterocycles. The number of aryl methyl sites for hydroxylation is 1. The van der Waals surface area contributed by atoms with Crippen LogP contribution < -0.4 is 5.32 Å². The number of nitrogens with zero attached hydrogens (tertiary/aromatic N) is 2. The van der Waals surface area contributed by atoms with Crippen molar-refractivity contribution < 1.29 is 8.81 Å². The van der Waals surface area contributed by atoms with Crippen molar-refractivity contribution in [2.75, 3.05) is 6.54 Å². The van der Waals surface area contributed by atoms with Crippen molar-refractivity contribution in [2.24, 2.45) is 0 Å². The van der Waals surface area contributed by atoms with Crippen molar-refractivity contribution in [3.63, 3.8) is 0 Å². The minimum Gasteiger partial charge on any atom is -0.419 e. The van der Waals surface area contributed by atoms with Crippen LogP contribution in [0, 0.1) is 12.7 Å². The van der Waals surface area contributed by atoms with Gasteiger partial charge in [0.2, 0.25) is 5.89 Å². The lowest BCUT2D eigenvalue weighted by atomic mass is 10.1. The summed E-state index contributed by atoms with van der Waals surface area (Å²) in [5, 5.41) is 11.0. The van der Waals surface area contributed by atoms with Crippen molar-refractivity contribution in [3.05, 3.63) is 35.5 Å². The standard InChI is InChI=1S/C13H16FN3O/c1-4-15-9(3)12-16-17-13(18-12)10-7-5-6-8(2)11(10)14/h5-7,9,15H,4H2,1-3H3. The fourth-order valence-corrected chi connectivity index (χ4v) is 1.72. The highest BCUT2D eigenvalue weighted by Gasteiger charge is 2.17. The molecule has 4 nitrogen and oxygen atoms in total. The molecule has 1 unspecified atom stereocenters. The largest absolute Gasteiger partial charge is 0.419 e. The SMILES string of the molecule is CCNC(C)c1nnc(-c2cccc(C)c2F)o1. The van der Waals surface area contributed by atoms with Crippen molar-refractivity contribution in [3.8, 4) is 11.5 Å². The number of benzene rings is 1. The van der Waals surface area contributed by atoms with Gasteiger partial charge in [-0.25, -0.2) is 4.39 Å². The highest BCUT2D eigenvalue weighted by atomic mass is 19.1. The molecule has 0 aliphatic carbocycles. The van der Waals surface area contributed by atoms with Crippen LogP contribution in [0.5, 0.6) is 0 Å². The van der Waals surface area contributed by atoms with Crippen molar-refractivity contribution in [1.82, 2.24) is 15.5 Å². The molecule has 0 amide bonds. The highest BCUT2D eigenvalue weighted by Crippen LogP contribution is 2.24. The van der Waals surface area contributed by atoms with Gasteiger partial charge in [-0.15, -0.1) is 10.2 Å². The minimum absolute atomic E-state index is 0.0379. The van der Waals surface area contributed by atoms with Gasteiger partial charge in [-0.3, -0.25) is 0 Å². The van der Waals surface area contributed by atoms with Gasteiger partial charge in [0, 0.05) is 0 Å². The van der Waals surface area contributed by atoms with Crippen molar-refractivity contribution in [2.45, 2.75) is 26.8 Å². The van der Waals surface area contributed by atoms with Crippen LogP contribution in [0.4, 0.5) is 4.39 Å². The third-order valence-electron chi connectivity index (χ3n) is 2.74. The van der Waals surface area contributed by atoms with Gasteiger partial charge in [0.25, 0.3) is 5.89 Å². The van der Waals surface area contributed by atoms with Crippen LogP contribution in [0.3, 0.4) is 0 Å². The Balaban J connectivity index is 2.32. The number of hydrogen-bond donors (Lipinski definition) is 1. The summed E-state index contributed by atoms with van der Waals surface area (Å²) < 4.78 is 19.4. The van der Waals surface area contributed by atoms with Gasteiger partial charge in [-0.1, -0.05) is 19.1 Å². The maximum absolute atomic E-state index is 13.9. The van der Waals surface area contributed by atoms with Gasteiger partial charge in [-0.05, 0) is 32.0 Å². The Hall–Kier alpha value is -1.75. The molecule has 2 aromatic rings. The summed E-state index contributed by atoms with van der Waals surface area (Å²) in [6.07, 6.45) is 0. The molecule has 1 heterocycles. The summed E-state index contributed by atoms with van der Waals surface area (Å²) >= 11 is 0. The molecular formula is C13H16FN3O. The van der Waals surface area contributed by atoms with E-state index < -0.39 is 0 Å². The summed E-state index contributed by atoms with van der Waals surface area (Å²) in [5.41, 5.74) is 0.907. The molecule has 0 spiro atoms. The average molecular weight is 249 g/mol. The minimum atomic E-state index is -0.316. The van der Waals surface area contributed by atoms with Crippen LogP contribution >= 0.6 is 0 Å². The normalized spacial score (nSPS) is 12.7. The molecule has 1 aromatic heterocycles. The maximum atomic E-state index is 13.9. The van der Waals surface area contributed by atoms with Crippen LogP contribution in [0.25, 0.3) is 11.5 Å². The second kappa shape index (κ2) is 5.27. The smallest absolute Gasteiger partial charge is 0.250 e. The van der Waals surface area contributed by atoms with Gasteiger partial charge in [-0.2, -0.15) is 0 Å². The summed E-state index contributed by atoms with van der Waals surface area (Å²) in [5.74, 6) is 0.368. The van der Waals surface area contributed by atoms with E-state index in [1.54, 1.807) is 25.1 Å². The topological polar surface area (TPSA) is 51.0 Å². The maximum Gasteiger partial charge on any atom is 0.250 e. The zero-order chi connectivity index (χ0) is 13.1. The number of hydrogen-bond acceptors (Lipinski definition) is 4. The van der Waals surface area contributed by atoms with E-state index in [0.717, 1.165) is 6.54 Å². The lowest BCUT2D eigenvalue weighted by Gasteiger charge is -2.06. The number of rotatable bonds is 4. The summed E-state index contributed by atoms with van der Waals surface area (Å²) in [7, 11) is 0. The quantitative estimate of drug-likeness (QED) is 0.905. The predicted molar refractivity (Wildman–Crippen MR) is 66.5 cm³/mol. The number of nitrogens with one attached hydrogen (secondary N) is 1. The van der Waals surface area contributed by atoms with Crippen LogP contribution in [-0.2, 0) is 0 Å². The van der Waals surface area contributed by atoms with E-state index in [9.17, 15) is 4.39 Å². The van der Waals surface area contributed by atoms with Crippen LogP contribution in [-0.4, -0.2) is 16.7 Å². The highest BCUT2D eigenvalue weighted by molar-refractivity contribution is 5.55. The van der Waals surface area contributed by atoms with Gasteiger partial charge in [0.05, 0.1) is 11.6 Å². The zero-order valence-electron chi connectivity index (χ0n) is 10.7. The molecular weight excluding hydrogens is 233 g/mol. The lowest BCUT2D eigenvalue weighted by Crippen LogP contribution is -2.17. The number of aromatic nitrogens is 2. The summed E-state index contributed by atoms with van der Waals surface area (Å²) in [6.45, 7) is 6.43. The summed E-state index contributed by atoms with van der Waals surface area (Å²) in [4.78, 5) is 0. The number of halogens is 1. The molecule has 2 rings (SSSR count). The first-order valence-electron chi connectivity index (χ1n) is 5.95. The van der Waals surface area contributed by atoms with E-state index in [4.69, 9.17) is 4.42 Å². The Bertz CT molecular complexity index is 539. The molecule has 0 aliphatic rings. The third kappa shape index (κ3) is 2.41. The molecule has 0 fully saturated rings. The molecule has 96 valence electrons. The molecule has 0 bridgehead atoms. The Kier molecular flexibility index (Phi) is 3.72. The molecule has 0 radical (unpaired) electrons. The van der Waals surface area contributed by atoms with Gasteiger partial charge in [0.15, 0.2) is 0 Å². The van der Waals surface area contributed by atoms with Gasteiger partial charge >= 0.3 is 0 Å². The third-order valence-corrected chi connectivity index (χ3v) is 2.74. The molecule has 1 atom stereocenters. The van der Waals surface area contributed by atoms with Crippen molar-refractivity contribution in [1.29, 1.82) is 0 Å². The van der Waals surface area contributed by atoms with E-state index in [1.165, 1.54) is 0 Å².